The Morgan fingerprint density at radius 2 is 1.07 bits per heavy atom. The molecule has 8 nitrogen and oxygen atoms in total. The Balaban J connectivity index is -0.000000180. The van der Waals surface area contributed by atoms with Gasteiger partial charge in [-0.15, -0.1) is 0 Å². The van der Waals surface area contributed by atoms with E-state index < -0.39 is 37.4 Å². The molecule has 0 aromatic carbocycles. The molecule has 2 atom stereocenters. The molecule has 0 saturated heterocycles. The number of aliphatic carboxylic acids is 2. The maximum atomic E-state index is 9.52. The minimum atomic E-state index is -1.63. The molecule has 0 aromatic heterocycles. The summed E-state index contributed by atoms with van der Waals surface area (Å²) in [4.78, 5) is 19.0. The van der Waals surface area contributed by atoms with Gasteiger partial charge in [0.25, 0.3) is 0 Å². The van der Waals surface area contributed by atoms with E-state index in [1.54, 1.807) is 0 Å². The van der Waals surface area contributed by atoms with Gasteiger partial charge in [-0.3, -0.25) is 0 Å². The molecule has 0 saturated carbocycles. The molecule has 94 valence electrons. The summed E-state index contributed by atoms with van der Waals surface area (Å²) in [6, 6.07) is 0. The molecule has 0 spiro atoms. The first-order chi connectivity index (χ1) is 6.36. The number of hydrogen-bond donors (Lipinski definition) is 6. The van der Waals surface area contributed by atoms with Gasteiger partial charge in [0.2, 0.25) is 0 Å². The average Bonchev–Trinajstić information content (AvgIpc) is 2.15. The van der Waals surface area contributed by atoms with Crippen molar-refractivity contribution in [1.29, 1.82) is 0 Å². The van der Waals surface area contributed by atoms with Crippen molar-refractivity contribution in [2.45, 2.75) is 12.2 Å². The fraction of sp³-hybridized carbons (Fsp3) is 0.667. The first-order valence-electron chi connectivity index (χ1n) is 3.40. The summed E-state index contributed by atoms with van der Waals surface area (Å²) >= 11 is 0. The fourth-order valence-corrected chi connectivity index (χ4v) is 0.156. The molecule has 0 aliphatic rings. The van der Waals surface area contributed by atoms with Crippen LogP contribution in [-0.4, -0.2) is 68.0 Å². The zero-order valence-corrected chi connectivity index (χ0v) is 8.37. The molecule has 2 unspecified atom stereocenters. The number of hydrogen-bond acceptors (Lipinski definition) is 6. The minimum absolute atomic E-state index is 0. The third-order valence-corrected chi connectivity index (χ3v) is 0.916. The van der Waals surface area contributed by atoms with E-state index in [-0.39, 0.29) is 16.5 Å². The predicted molar refractivity (Wildman–Crippen MR) is 41.5 cm³/mol. The number of carboxylic acid groups (broad SMARTS) is 2. The molecule has 0 amide bonds. The SMILES string of the molecule is O=C(O)C(O)CO.O=C(O)C(O)CO.[Ni]. The topological polar surface area (TPSA) is 156 Å². The second kappa shape index (κ2) is 11.3. The molecular formula is C6H12NiO8. The van der Waals surface area contributed by atoms with E-state index in [9.17, 15) is 9.59 Å². The first-order valence-corrected chi connectivity index (χ1v) is 3.40. The van der Waals surface area contributed by atoms with E-state index in [1.807, 2.05) is 0 Å². The minimum Gasteiger partial charge on any atom is -0.479 e. The first kappa shape index (κ1) is 19.8. The smallest absolute Gasteiger partial charge is 0.334 e. The molecule has 6 N–H and O–H groups in total. The third-order valence-electron chi connectivity index (χ3n) is 0.916. The van der Waals surface area contributed by atoms with Crippen LogP contribution in [0.5, 0.6) is 0 Å². The van der Waals surface area contributed by atoms with Crippen LogP contribution in [0.25, 0.3) is 0 Å². The molecule has 0 radical (unpaired) electrons. The maximum absolute atomic E-state index is 9.52. The number of rotatable bonds is 4. The Hall–Kier alpha value is -0.726. The largest absolute Gasteiger partial charge is 0.479 e. The summed E-state index contributed by atoms with van der Waals surface area (Å²) < 4.78 is 0. The Kier molecular flexibility index (Phi) is 15.0. The van der Waals surface area contributed by atoms with E-state index >= 15 is 0 Å². The molecular weight excluding hydrogens is 259 g/mol. The van der Waals surface area contributed by atoms with Crippen LogP contribution in [-0.2, 0) is 26.1 Å². The van der Waals surface area contributed by atoms with Crippen molar-refractivity contribution in [2.75, 3.05) is 13.2 Å². The number of aliphatic hydroxyl groups excluding tert-OH is 4. The molecule has 0 aliphatic heterocycles. The monoisotopic (exact) mass is 270 g/mol. The molecule has 15 heavy (non-hydrogen) atoms. The summed E-state index contributed by atoms with van der Waals surface area (Å²) in [6.07, 6.45) is -3.25. The predicted octanol–water partition coefficient (Wildman–Crippen LogP) is -3.15. The normalized spacial score (nSPS) is 12.5. The Morgan fingerprint density at radius 1 is 0.867 bits per heavy atom. The molecule has 9 heteroatoms. The van der Waals surface area contributed by atoms with Crippen molar-refractivity contribution in [3.8, 4) is 0 Å². The Morgan fingerprint density at radius 3 is 1.07 bits per heavy atom. The molecule has 0 aliphatic carbocycles. The van der Waals surface area contributed by atoms with Crippen molar-refractivity contribution in [3.63, 3.8) is 0 Å². The molecule has 0 rings (SSSR count). The van der Waals surface area contributed by atoms with Crippen LogP contribution in [0.4, 0.5) is 0 Å². The molecule has 0 heterocycles. The average molecular weight is 271 g/mol. The van der Waals surface area contributed by atoms with Crippen molar-refractivity contribution in [2.24, 2.45) is 0 Å². The summed E-state index contributed by atoms with van der Waals surface area (Å²) in [5.74, 6) is -2.80. The van der Waals surface area contributed by atoms with Crippen LogP contribution in [0.1, 0.15) is 0 Å². The van der Waals surface area contributed by atoms with Gasteiger partial charge in [0.1, 0.15) is 0 Å². The van der Waals surface area contributed by atoms with Crippen LogP contribution in [0.15, 0.2) is 0 Å². The van der Waals surface area contributed by atoms with Crippen molar-refractivity contribution in [1.82, 2.24) is 0 Å². The number of carbonyl (C=O) groups is 2. The van der Waals surface area contributed by atoms with E-state index in [4.69, 9.17) is 30.6 Å². The van der Waals surface area contributed by atoms with Crippen molar-refractivity contribution >= 4 is 11.9 Å². The summed E-state index contributed by atoms with van der Waals surface area (Å²) in [5, 5.41) is 47.5. The van der Waals surface area contributed by atoms with Gasteiger partial charge in [0.15, 0.2) is 12.2 Å². The molecule has 0 aromatic rings. The van der Waals surface area contributed by atoms with Gasteiger partial charge in [-0.2, -0.15) is 0 Å². The summed E-state index contributed by atoms with van der Waals surface area (Å²) in [5.41, 5.74) is 0. The molecule has 0 bridgehead atoms. The summed E-state index contributed by atoms with van der Waals surface area (Å²) in [6.45, 7) is -1.45. The Bertz CT molecular complexity index is 164. The van der Waals surface area contributed by atoms with Crippen LogP contribution < -0.4 is 0 Å². The van der Waals surface area contributed by atoms with Gasteiger partial charge in [0, 0.05) is 16.5 Å². The fourth-order valence-electron chi connectivity index (χ4n) is 0.156. The third kappa shape index (κ3) is 13.3. The van der Waals surface area contributed by atoms with E-state index in [1.165, 1.54) is 0 Å². The zero-order chi connectivity index (χ0) is 11.7. The van der Waals surface area contributed by atoms with E-state index in [0.29, 0.717) is 0 Å². The quantitative estimate of drug-likeness (QED) is 0.293. The van der Waals surface area contributed by atoms with Crippen molar-refractivity contribution < 1.29 is 56.7 Å². The van der Waals surface area contributed by atoms with Gasteiger partial charge in [-0.25, -0.2) is 9.59 Å². The van der Waals surface area contributed by atoms with Gasteiger partial charge in [-0.1, -0.05) is 0 Å². The van der Waals surface area contributed by atoms with Gasteiger partial charge in [0.05, 0.1) is 13.2 Å². The second-order valence-electron chi connectivity index (χ2n) is 2.07. The zero-order valence-electron chi connectivity index (χ0n) is 7.38. The van der Waals surface area contributed by atoms with E-state index in [2.05, 4.69) is 0 Å². The number of carboxylic acids is 2. The molecule has 0 fully saturated rings. The summed E-state index contributed by atoms with van der Waals surface area (Å²) in [7, 11) is 0. The van der Waals surface area contributed by atoms with Crippen LogP contribution >= 0.6 is 0 Å². The standard InChI is InChI=1S/2C3H6O4.Ni/c2*4-1-2(5)3(6)7;/h2*2,4-5H,1H2,(H,6,7);. The Labute approximate surface area is 94.7 Å². The van der Waals surface area contributed by atoms with Crippen molar-refractivity contribution in [3.05, 3.63) is 0 Å². The van der Waals surface area contributed by atoms with Gasteiger partial charge >= 0.3 is 11.9 Å². The maximum Gasteiger partial charge on any atom is 0.334 e. The van der Waals surface area contributed by atoms with Gasteiger partial charge < -0.3 is 30.6 Å². The van der Waals surface area contributed by atoms with Gasteiger partial charge in [-0.05, 0) is 0 Å². The van der Waals surface area contributed by atoms with E-state index in [0.717, 1.165) is 0 Å². The second-order valence-corrected chi connectivity index (χ2v) is 2.07. The number of aliphatic hydroxyl groups is 4. The van der Waals surface area contributed by atoms with Crippen LogP contribution in [0.3, 0.4) is 0 Å². The van der Waals surface area contributed by atoms with Crippen LogP contribution in [0, 0.1) is 0 Å². The van der Waals surface area contributed by atoms with Crippen LogP contribution in [0.2, 0.25) is 0 Å².